The Bertz CT molecular complexity index is 2620. The number of carbonyl (C=O) groups excluding carboxylic acids is 1. The van der Waals surface area contributed by atoms with Gasteiger partial charge in [0.2, 0.25) is 11.5 Å². The molecule has 0 saturated carbocycles. The van der Waals surface area contributed by atoms with Gasteiger partial charge < -0.3 is 49.7 Å². The Morgan fingerprint density at radius 2 is 1.82 bits per heavy atom. The van der Waals surface area contributed by atoms with E-state index in [-0.39, 0.29) is 45.1 Å². The van der Waals surface area contributed by atoms with E-state index in [2.05, 4.69) is 38.3 Å². The molecule has 2 aliphatic rings. The highest BCUT2D eigenvalue weighted by molar-refractivity contribution is 7.61. The lowest BCUT2D eigenvalue weighted by atomic mass is 10.1. The number of phosphoric acid groups is 2. The quantitative estimate of drug-likeness (QED) is 0.0370. The molecule has 8 N–H and O–H groups in total. The maximum absolute atomic E-state index is 13.0. The topological polar surface area (TPSA) is 376 Å². The molecule has 292 valence electrons. The van der Waals surface area contributed by atoms with Crippen LogP contribution in [0.15, 0.2) is 38.8 Å². The zero-order valence-corrected chi connectivity index (χ0v) is 29.9. The zero-order valence-electron chi connectivity index (χ0n) is 28.1. The van der Waals surface area contributed by atoms with E-state index in [1.807, 2.05) is 4.98 Å². The standard InChI is InChI=1S/C28H29N9O16P2/c1-11-3-13-14(4-12(11)6-38)36(25-19(33-13)26(44)35-28(45)34-25)5-15(39)20(41)16(40)7-50-54(46,47)53-55(48,49-2)51-8-17-21(42)22(43)27(52-17)37-10-32-18-23(29)30-9-31-24(18)37/h3-4,6,9-10,15-16,20,39-43H,5,7-8H2,1-2H3,(H,46,47)(H2,29,30,31)(H,35,44,45)/p-1. The van der Waals surface area contributed by atoms with Crippen LogP contribution in [0.4, 0.5) is 5.82 Å². The van der Waals surface area contributed by atoms with E-state index in [9.17, 15) is 53.9 Å². The Morgan fingerprint density at radius 1 is 1.07 bits per heavy atom. The smallest absolute Gasteiger partial charge is 0.481 e. The second-order valence-corrected chi connectivity index (χ2v) is 14.8. The van der Waals surface area contributed by atoms with Gasteiger partial charge in [0.05, 0.1) is 24.2 Å². The Balaban J connectivity index is 1.13. The third-order valence-electron chi connectivity index (χ3n) is 7.95. The average Bonchev–Trinajstić information content (AvgIpc) is 3.69. The summed E-state index contributed by atoms with van der Waals surface area (Å²) in [6, 6.07) is 2.78. The summed E-state index contributed by atoms with van der Waals surface area (Å²) in [6.45, 7) is -1.43. The lowest BCUT2D eigenvalue weighted by Crippen LogP contribution is -2.43. The minimum absolute atomic E-state index is 0.00370. The van der Waals surface area contributed by atoms with Crippen LogP contribution < -0.4 is 21.9 Å². The number of nitrogens with zero attached hydrogens (tertiary/aromatic N) is 7. The number of aryl methyl sites for hydroxylation is 1. The molecule has 0 amide bonds. The van der Waals surface area contributed by atoms with Crippen LogP contribution >= 0.6 is 15.6 Å². The molecule has 25 nitrogen and oxygen atoms in total. The number of aldehydes is 1. The zero-order chi connectivity index (χ0) is 40.0. The van der Waals surface area contributed by atoms with Gasteiger partial charge in [-0.05, 0) is 24.6 Å². The van der Waals surface area contributed by atoms with E-state index in [1.165, 1.54) is 12.1 Å². The predicted molar refractivity (Wildman–Crippen MR) is 180 cm³/mol. The summed E-state index contributed by atoms with van der Waals surface area (Å²) in [5, 5.41) is 53.0. The summed E-state index contributed by atoms with van der Waals surface area (Å²) in [7, 11) is -10.2. The van der Waals surface area contributed by atoms with Crippen molar-refractivity contribution in [3.05, 3.63) is 62.5 Å². The highest BCUT2D eigenvalue weighted by Crippen LogP contribution is 2.61. The second kappa shape index (κ2) is 15.0. The van der Waals surface area contributed by atoms with Gasteiger partial charge in [0.1, 0.15) is 43.9 Å². The molecule has 0 aliphatic carbocycles. The number of furan rings is 1. The number of H-pyrrole nitrogens is 1. The number of aromatic amines is 1. The third kappa shape index (κ3) is 7.74. The van der Waals surface area contributed by atoms with Gasteiger partial charge in [0, 0.05) is 12.7 Å². The fraction of sp³-hybridized carbons (Fsp3) is 0.286. The van der Waals surface area contributed by atoms with Crippen molar-refractivity contribution in [2.45, 2.75) is 38.4 Å². The van der Waals surface area contributed by atoms with Crippen molar-refractivity contribution in [2.24, 2.45) is 0 Å². The fourth-order valence-corrected chi connectivity index (χ4v) is 7.53. The van der Waals surface area contributed by atoms with Gasteiger partial charge in [-0.15, -0.1) is 0 Å². The van der Waals surface area contributed by atoms with Gasteiger partial charge in [-0.3, -0.25) is 28.2 Å². The van der Waals surface area contributed by atoms with Crippen LogP contribution in [-0.2, 0) is 40.2 Å². The molecule has 5 atom stereocenters. The molecule has 5 unspecified atom stereocenters. The van der Waals surface area contributed by atoms with Gasteiger partial charge in [-0.2, -0.15) is 4.98 Å². The Labute approximate surface area is 304 Å². The number of nitrogens with two attached hydrogens (primary N) is 1. The minimum atomic E-state index is -5.75. The number of hydrogen-bond acceptors (Lipinski definition) is 22. The molecule has 6 rings (SSSR count). The third-order valence-corrected chi connectivity index (χ3v) is 10.9. The summed E-state index contributed by atoms with van der Waals surface area (Å²) in [4.78, 5) is 70.5. The molecule has 27 heteroatoms. The monoisotopic (exact) mass is 808 g/mol. The number of benzene rings is 1. The normalized spacial score (nSPS) is 15.9. The molecule has 0 fully saturated rings. The number of hydrogen-bond donors (Lipinski definition) is 7. The number of aliphatic hydroxyl groups is 3. The maximum Gasteiger partial charge on any atom is 0.481 e. The van der Waals surface area contributed by atoms with Gasteiger partial charge in [0.25, 0.3) is 19.3 Å². The molecule has 4 aromatic rings. The summed E-state index contributed by atoms with van der Waals surface area (Å²) in [5.74, 6) is -3.16. The Hall–Kier alpha value is -5.46. The van der Waals surface area contributed by atoms with E-state index >= 15 is 0 Å². The summed E-state index contributed by atoms with van der Waals surface area (Å²) in [6.07, 6.45) is -3.61. The Morgan fingerprint density at radius 3 is 2.53 bits per heavy atom. The van der Waals surface area contributed by atoms with E-state index in [0.717, 1.165) is 28.9 Å². The highest BCUT2D eigenvalue weighted by atomic mass is 31.3. The van der Waals surface area contributed by atoms with E-state index in [1.54, 1.807) is 6.92 Å². The number of nitrogens with one attached hydrogen (secondary N) is 1. The van der Waals surface area contributed by atoms with Crippen molar-refractivity contribution >= 4 is 49.9 Å². The van der Waals surface area contributed by atoms with Gasteiger partial charge in [-0.1, -0.05) is 0 Å². The van der Waals surface area contributed by atoms with Crippen molar-refractivity contribution < 1.29 is 66.6 Å². The lowest BCUT2D eigenvalue weighted by Gasteiger charge is -2.29. The molecule has 1 aromatic carbocycles. The molecular weight excluding hydrogens is 780 g/mol. The molecule has 5 heterocycles. The molecular formula is C28H28N9O16P2-. The van der Waals surface area contributed by atoms with Crippen LogP contribution in [0.1, 0.15) is 21.7 Å². The summed E-state index contributed by atoms with van der Waals surface area (Å²) >= 11 is 0. The predicted octanol–water partition coefficient (Wildman–Crippen LogP) is -1.02. The maximum atomic E-state index is 13.0. The first-order chi connectivity index (χ1) is 26.0. The van der Waals surface area contributed by atoms with Crippen LogP contribution in [0.3, 0.4) is 0 Å². The largest absolute Gasteiger partial charge is 0.756 e. The van der Waals surface area contributed by atoms with Crippen LogP contribution in [0.2, 0.25) is 0 Å². The number of carbonyl (C=O) groups is 1. The van der Waals surface area contributed by atoms with E-state index < -0.39 is 88.1 Å². The van der Waals surface area contributed by atoms with Crippen molar-refractivity contribution in [1.29, 1.82) is 0 Å². The number of fused-ring (bicyclic) bond motifs is 3. The Kier molecular flexibility index (Phi) is 10.7. The number of phosphoric ester groups is 2. The van der Waals surface area contributed by atoms with Crippen LogP contribution in [0, 0.1) is 6.92 Å². The van der Waals surface area contributed by atoms with Crippen LogP contribution in [0.5, 0.6) is 11.5 Å². The van der Waals surface area contributed by atoms with Crippen LogP contribution in [0.25, 0.3) is 39.6 Å². The van der Waals surface area contributed by atoms with Gasteiger partial charge >= 0.3 is 13.5 Å². The van der Waals surface area contributed by atoms with Crippen molar-refractivity contribution in [3.63, 3.8) is 0 Å². The molecule has 55 heavy (non-hydrogen) atoms. The molecule has 2 aliphatic heterocycles. The number of imidazole rings is 1. The summed E-state index contributed by atoms with van der Waals surface area (Å²) < 4.78 is 51.8. The van der Waals surface area contributed by atoms with Crippen molar-refractivity contribution in [2.75, 3.05) is 19.5 Å². The van der Waals surface area contributed by atoms with E-state index in [0.29, 0.717) is 11.8 Å². The molecule has 0 radical (unpaired) electrons. The number of nitrogen functional groups attached to an aromatic ring is 1. The molecule has 3 aromatic heterocycles. The lowest BCUT2D eigenvalue weighted by molar-refractivity contribution is -0.222. The minimum Gasteiger partial charge on any atom is -0.756 e. The molecule has 0 spiro atoms. The number of rotatable bonds is 15. The van der Waals surface area contributed by atoms with E-state index in [4.69, 9.17) is 14.7 Å². The van der Waals surface area contributed by atoms with Crippen molar-refractivity contribution in [3.8, 4) is 28.9 Å². The fourth-order valence-electron chi connectivity index (χ4n) is 5.19. The first-order valence-corrected chi connectivity index (χ1v) is 18.3. The molecule has 0 saturated heterocycles. The van der Waals surface area contributed by atoms with Gasteiger partial charge in [0.15, 0.2) is 34.3 Å². The average molecular weight is 809 g/mol. The van der Waals surface area contributed by atoms with Crippen molar-refractivity contribution in [1.82, 2.24) is 39.0 Å². The first-order valence-electron chi connectivity index (χ1n) is 15.3. The first kappa shape index (κ1) is 39.2. The van der Waals surface area contributed by atoms with Crippen LogP contribution in [-0.4, -0.2) is 103 Å². The second-order valence-electron chi connectivity index (χ2n) is 11.5. The molecule has 0 bridgehead atoms. The number of anilines is 1. The van der Waals surface area contributed by atoms with Gasteiger partial charge in [-0.25, -0.2) is 38.2 Å². The number of aromatic hydroxyl groups is 2. The number of aliphatic hydroxyl groups excluding tert-OH is 3. The summed E-state index contributed by atoms with van der Waals surface area (Å²) in [5.41, 5.74) is 4.47. The SMILES string of the molecule is COP(=O)(OCc1oc(-n2cnc3c(N)ncnc32)c(O)c1O)OP(=O)([O-])OCC(O)C(O)C(O)Cn1c2nc(=O)[nH]c(=O)c-2nc2cc(C)c(C=O)cc21. The number of aromatic nitrogens is 8. The highest BCUT2D eigenvalue weighted by Gasteiger charge is 2.35.